The van der Waals surface area contributed by atoms with Crippen LogP contribution in [0, 0.1) is 25.2 Å². The summed E-state index contributed by atoms with van der Waals surface area (Å²) < 4.78 is 11.2. The average Bonchev–Trinajstić information content (AvgIpc) is 2.77. The van der Waals surface area contributed by atoms with E-state index in [1.165, 1.54) is 34.7 Å². The molecule has 1 aromatic heterocycles. The highest BCUT2D eigenvalue weighted by Gasteiger charge is 2.28. The molecule has 0 fully saturated rings. The molecule has 0 spiro atoms. The molecule has 2 aromatic rings. The lowest BCUT2D eigenvalue weighted by atomic mass is 9.70. The van der Waals surface area contributed by atoms with E-state index in [-0.39, 0.29) is 23.4 Å². The van der Waals surface area contributed by atoms with Crippen molar-refractivity contribution < 1.29 is 14.3 Å². The van der Waals surface area contributed by atoms with E-state index < -0.39 is 0 Å². The van der Waals surface area contributed by atoms with Gasteiger partial charge in [0.15, 0.2) is 0 Å². The molecule has 0 N–H and O–H groups in total. The van der Waals surface area contributed by atoms with E-state index in [0.717, 1.165) is 23.2 Å². The fraction of sp³-hybridized carbons (Fsp3) is 0.517. The fourth-order valence-corrected chi connectivity index (χ4v) is 4.36. The van der Waals surface area contributed by atoms with E-state index in [1.54, 1.807) is 7.11 Å². The zero-order chi connectivity index (χ0) is 25.6. The molecular weight excluding hydrogens is 421 g/mol. The van der Waals surface area contributed by atoms with Crippen molar-refractivity contribution >= 4 is 29.9 Å². The first kappa shape index (κ1) is 27.8. The summed E-state index contributed by atoms with van der Waals surface area (Å²) in [6.45, 7) is 19.0. The van der Waals surface area contributed by atoms with Gasteiger partial charge >= 0.3 is 5.97 Å². The zero-order valence-corrected chi connectivity index (χ0v) is 22.7. The standard InChI is InChI=1S/C29H41BNO3/c1-18(2)27(25-13-19(3)16-31-28(25)21(5)33-10)26(15-29(7,8)17-34-22(6)32)24-14-23(30-9)12-11-20(24)4/h11-14,16,18,21H,15,17H2,1-10H3/b27-26+. The fourth-order valence-electron chi connectivity index (χ4n) is 4.36. The lowest BCUT2D eigenvalue weighted by Crippen LogP contribution is -2.23. The Bertz CT molecular complexity index is 1040. The number of hydrogen-bond acceptors (Lipinski definition) is 4. The quantitative estimate of drug-likeness (QED) is 0.306. The van der Waals surface area contributed by atoms with Crippen molar-refractivity contribution in [3.05, 3.63) is 58.4 Å². The summed E-state index contributed by atoms with van der Waals surface area (Å²) in [6.07, 6.45) is 2.54. The van der Waals surface area contributed by atoms with Crippen molar-refractivity contribution in [3.8, 4) is 0 Å². The third-order valence-corrected chi connectivity index (χ3v) is 6.23. The Balaban J connectivity index is 2.90. The smallest absolute Gasteiger partial charge is 0.302 e. The molecule has 5 heteroatoms. The molecule has 1 unspecified atom stereocenters. The molecule has 34 heavy (non-hydrogen) atoms. The minimum Gasteiger partial charge on any atom is -0.465 e. The molecule has 0 aliphatic carbocycles. The van der Waals surface area contributed by atoms with Crippen molar-refractivity contribution in [1.82, 2.24) is 4.98 Å². The molecule has 4 nitrogen and oxygen atoms in total. The first-order chi connectivity index (χ1) is 15.9. The summed E-state index contributed by atoms with van der Waals surface area (Å²) in [6, 6.07) is 8.85. The van der Waals surface area contributed by atoms with Crippen LogP contribution in [0.4, 0.5) is 0 Å². The number of allylic oxidation sites excluding steroid dienone is 2. The van der Waals surface area contributed by atoms with Gasteiger partial charge in [0.05, 0.1) is 18.4 Å². The van der Waals surface area contributed by atoms with Gasteiger partial charge in [-0.3, -0.25) is 9.78 Å². The Labute approximate surface area is 207 Å². The highest BCUT2D eigenvalue weighted by Crippen LogP contribution is 2.42. The summed E-state index contributed by atoms with van der Waals surface area (Å²) in [5.74, 6) is 0.000122. The summed E-state index contributed by atoms with van der Waals surface area (Å²) >= 11 is 0. The van der Waals surface area contributed by atoms with Gasteiger partial charge in [-0.2, -0.15) is 0 Å². The highest BCUT2D eigenvalue weighted by molar-refractivity contribution is 6.52. The Morgan fingerprint density at radius 1 is 1.12 bits per heavy atom. The maximum absolute atomic E-state index is 11.6. The van der Waals surface area contributed by atoms with Gasteiger partial charge in [-0.15, -0.1) is 0 Å². The van der Waals surface area contributed by atoms with Crippen LogP contribution in [0.3, 0.4) is 0 Å². The second-order valence-electron chi connectivity index (χ2n) is 10.4. The maximum Gasteiger partial charge on any atom is 0.302 e. The van der Waals surface area contributed by atoms with Gasteiger partial charge < -0.3 is 9.47 Å². The average molecular weight is 462 g/mol. The van der Waals surface area contributed by atoms with Gasteiger partial charge in [0.25, 0.3) is 0 Å². The molecule has 0 saturated carbocycles. The summed E-state index contributed by atoms with van der Waals surface area (Å²) in [5.41, 5.74) is 9.13. The van der Waals surface area contributed by atoms with Gasteiger partial charge in [0.1, 0.15) is 7.28 Å². The molecule has 183 valence electrons. The number of esters is 1. The van der Waals surface area contributed by atoms with Gasteiger partial charge in [-0.05, 0) is 67.0 Å². The Hall–Kier alpha value is -2.40. The van der Waals surface area contributed by atoms with E-state index >= 15 is 0 Å². The Morgan fingerprint density at radius 2 is 1.79 bits per heavy atom. The van der Waals surface area contributed by atoms with Crippen LogP contribution in [0.15, 0.2) is 30.5 Å². The number of aromatic nitrogens is 1. The highest BCUT2D eigenvalue weighted by atomic mass is 16.5. The van der Waals surface area contributed by atoms with E-state index in [4.69, 9.17) is 14.5 Å². The van der Waals surface area contributed by atoms with E-state index in [9.17, 15) is 4.79 Å². The van der Waals surface area contributed by atoms with Crippen molar-refractivity contribution in [1.29, 1.82) is 0 Å². The minimum absolute atomic E-state index is 0.129. The number of pyridine rings is 1. The third-order valence-electron chi connectivity index (χ3n) is 6.23. The maximum atomic E-state index is 11.6. The summed E-state index contributed by atoms with van der Waals surface area (Å²) in [5, 5.41) is 0. The Kier molecular flexibility index (Phi) is 9.69. The Morgan fingerprint density at radius 3 is 2.35 bits per heavy atom. The lowest BCUT2D eigenvalue weighted by molar-refractivity contribution is -0.143. The molecule has 1 heterocycles. The van der Waals surface area contributed by atoms with Crippen LogP contribution in [0.1, 0.15) is 82.0 Å². The van der Waals surface area contributed by atoms with Gasteiger partial charge in [-0.1, -0.05) is 58.2 Å². The van der Waals surface area contributed by atoms with Gasteiger partial charge in [-0.25, -0.2) is 0 Å². The van der Waals surface area contributed by atoms with E-state index in [0.29, 0.717) is 6.61 Å². The number of nitrogens with zero attached hydrogens (tertiary/aromatic N) is 1. The molecule has 0 amide bonds. The zero-order valence-electron chi connectivity index (χ0n) is 22.7. The van der Waals surface area contributed by atoms with Crippen LogP contribution in [-0.2, 0) is 14.3 Å². The second-order valence-corrected chi connectivity index (χ2v) is 10.4. The molecule has 2 rings (SSSR count). The number of hydrogen-bond donors (Lipinski definition) is 0. The molecule has 1 radical (unpaired) electrons. The second kappa shape index (κ2) is 11.8. The number of aryl methyl sites for hydroxylation is 2. The van der Waals surface area contributed by atoms with E-state index in [1.807, 2.05) is 13.1 Å². The van der Waals surface area contributed by atoms with Crippen LogP contribution in [0.2, 0.25) is 6.82 Å². The molecule has 0 aliphatic rings. The molecular formula is C29H41BNO3. The molecule has 1 aromatic carbocycles. The van der Waals surface area contributed by atoms with Gasteiger partial charge in [0, 0.05) is 31.2 Å². The third kappa shape index (κ3) is 7.05. The topological polar surface area (TPSA) is 48.4 Å². The van der Waals surface area contributed by atoms with Gasteiger partial charge in [0.2, 0.25) is 0 Å². The van der Waals surface area contributed by atoms with Crippen LogP contribution in [0.25, 0.3) is 11.1 Å². The number of carbonyl (C=O) groups is 1. The summed E-state index contributed by atoms with van der Waals surface area (Å²) in [7, 11) is 3.86. The predicted molar refractivity (Wildman–Crippen MR) is 144 cm³/mol. The normalized spacial score (nSPS) is 13.5. The first-order valence-corrected chi connectivity index (χ1v) is 12.2. The first-order valence-electron chi connectivity index (χ1n) is 12.2. The lowest BCUT2D eigenvalue weighted by Gasteiger charge is -2.30. The van der Waals surface area contributed by atoms with Crippen LogP contribution in [0.5, 0.6) is 0 Å². The monoisotopic (exact) mass is 462 g/mol. The van der Waals surface area contributed by atoms with Crippen molar-refractivity contribution in [2.75, 3.05) is 13.7 Å². The van der Waals surface area contributed by atoms with E-state index in [2.05, 4.69) is 79.9 Å². The van der Waals surface area contributed by atoms with Crippen molar-refractivity contribution in [3.63, 3.8) is 0 Å². The molecule has 0 bridgehead atoms. The van der Waals surface area contributed by atoms with Crippen LogP contribution < -0.4 is 5.46 Å². The van der Waals surface area contributed by atoms with Crippen LogP contribution in [-0.4, -0.2) is 31.9 Å². The summed E-state index contributed by atoms with van der Waals surface area (Å²) in [4.78, 5) is 16.4. The number of ether oxygens (including phenoxy) is 2. The molecule has 0 saturated heterocycles. The number of methoxy groups -OCH3 is 1. The van der Waals surface area contributed by atoms with Crippen molar-refractivity contribution in [2.45, 2.75) is 74.7 Å². The number of carbonyl (C=O) groups excluding carboxylic acids is 1. The predicted octanol–water partition coefficient (Wildman–Crippen LogP) is 6.33. The SMILES string of the molecule is C[B]c1ccc(C)c(/C(CC(C)(C)COC(C)=O)=C(/c2cc(C)cnc2C(C)OC)C(C)C)c1. The molecule has 0 aliphatic heterocycles. The van der Waals surface area contributed by atoms with Crippen molar-refractivity contribution in [2.24, 2.45) is 11.3 Å². The molecule has 1 atom stereocenters. The number of benzene rings is 1. The van der Waals surface area contributed by atoms with Crippen LogP contribution >= 0.6 is 0 Å². The number of rotatable bonds is 10. The largest absolute Gasteiger partial charge is 0.465 e. The minimum atomic E-state index is -0.250.